The van der Waals surface area contributed by atoms with Crippen LogP contribution in [0.5, 0.6) is 0 Å². The SMILES string of the molecule is CCOC(CN/C=C(/C#N)C(=O)NC(CC)c1ccc2c(c1)CCCC2)OCC. The molecule has 0 saturated carbocycles. The van der Waals surface area contributed by atoms with Gasteiger partial charge in [-0.25, -0.2) is 0 Å². The number of benzene rings is 1. The molecule has 0 fully saturated rings. The Hall–Kier alpha value is -2.36. The predicted octanol–water partition coefficient (Wildman–Crippen LogP) is 3.53. The second kappa shape index (κ2) is 12.3. The molecular weight excluding hydrogens is 366 g/mol. The number of ether oxygens (including phenoxy) is 2. The normalized spacial score (nSPS) is 14.8. The maximum absolute atomic E-state index is 12.6. The molecule has 1 aromatic carbocycles. The number of nitriles is 1. The van der Waals surface area contributed by atoms with Gasteiger partial charge >= 0.3 is 0 Å². The lowest BCUT2D eigenvalue weighted by molar-refractivity contribution is -0.131. The van der Waals surface area contributed by atoms with E-state index in [1.807, 2.05) is 26.8 Å². The largest absolute Gasteiger partial charge is 0.385 e. The molecule has 6 nitrogen and oxygen atoms in total. The predicted molar refractivity (Wildman–Crippen MR) is 113 cm³/mol. The van der Waals surface area contributed by atoms with E-state index in [2.05, 4.69) is 28.8 Å². The van der Waals surface area contributed by atoms with Crippen LogP contribution in [-0.4, -0.2) is 32.0 Å². The third kappa shape index (κ3) is 6.88. The van der Waals surface area contributed by atoms with Crippen LogP contribution in [0.1, 0.15) is 62.8 Å². The molecule has 29 heavy (non-hydrogen) atoms. The van der Waals surface area contributed by atoms with Gasteiger partial charge in [0, 0.05) is 19.4 Å². The van der Waals surface area contributed by atoms with Crippen molar-refractivity contribution in [1.82, 2.24) is 10.6 Å². The average molecular weight is 400 g/mol. The standard InChI is InChI=1S/C23H33N3O3/c1-4-21(19-12-11-17-9-7-8-10-18(17)13-19)26-23(27)20(14-24)15-25-16-22(28-5-2)29-6-3/h11-13,15,21-22,25H,4-10,16H2,1-3H3,(H,26,27)/b20-15-. The molecule has 2 rings (SSSR count). The summed E-state index contributed by atoms with van der Waals surface area (Å²) in [5.41, 5.74) is 3.94. The summed E-state index contributed by atoms with van der Waals surface area (Å²) in [6.45, 7) is 7.24. The van der Waals surface area contributed by atoms with Crippen LogP contribution >= 0.6 is 0 Å². The minimum Gasteiger partial charge on any atom is -0.385 e. The van der Waals surface area contributed by atoms with E-state index >= 15 is 0 Å². The van der Waals surface area contributed by atoms with Gasteiger partial charge in [-0.05, 0) is 62.6 Å². The zero-order valence-corrected chi connectivity index (χ0v) is 17.8. The number of rotatable bonds is 11. The number of fused-ring (bicyclic) bond motifs is 1. The Morgan fingerprint density at radius 3 is 2.48 bits per heavy atom. The Morgan fingerprint density at radius 2 is 1.86 bits per heavy atom. The Bertz CT molecular complexity index is 733. The maximum Gasteiger partial charge on any atom is 0.263 e. The monoisotopic (exact) mass is 399 g/mol. The molecular formula is C23H33N3O3. The number of hydrogen-bond acceptors (Lipinski definition) is 5. The summed E-state index contributed by atoms with van der Waals surface area (Å²) in [6, 6.07) is 8.35. The number of nitrogens with one attached hydrogen (secondary N) is 2. The Balaban J connectivity index is 2.00. The van der Waals surface area contributed by atoms with Crippen molar-refractivity contribution in [3.05, 3.63) is 46.7 Å². The molecule has 2 N–H and O–H groups in total. The number of carbonyl (C=O) groups is 1. The Kier molecular flexibility index (Phi) is 9.69. The van der Waals surface area contributed by atoms with E-state index in [1.165, 1.54) is 30.2 Å². The molecule has 1 aliphatic carbocycles. The van der Waals surface area contributed by atoms with E-state index in [4.69, 9.17) is 9.47 Å². The van der Waals surface area contributed by atoms with Crippen LogP contribution in [0.25, 0.3) is 0 Å². The van der Waals surface area contributed by atoms with Crippen molar-refractivity contribution in [2.24, 2.45) is 0 Å². The van der Waals surface area contributed by atoms with E-state index in [0.717, 1.165) is 24.8 Å². The number of carbonyl (C=O) groups excluding carboxylic acids is 1. The molecule has 158 valence electrons. The fourth-order valence-corrected chi connectivity index (χ4v) is 3.57. The van der Waals surface area contributed by atoms with Crippen LogP contribution in [-0.2, 0) is 27.1 Å². The molecule has 6 heteroatoms. The van der Waals surface area contributed by atoms with Gasteiger partial charge in [0.05, 0.1) is 12.6 Å². The van der Waals surface area contributed by atoms with E-state index in [1.54, 1.807) is 0 Å². The van der Waals surface area contributed by atoms with Gasteiger partial charge in [-0.15, -0.1) is 0 Å². The van der Waals surface area contributed by atoms with Gasteiger partial charge in [-0.1, -0.05) is 25.1 Å². The topological polar surface area (TPSA) is 83.4 Å². The molecule has 0 aromatic heterocycles. The highest BCUT2D eigenvalue weighted by molar-refractivity contribution is 5.97. The highest BCUT2D eigenvalue weighted by Crippen LogP contribution is 2.26. The molecule has 0 saturated heterocycles. The molecule has 1 unspecified atom stereocenters. The van der Waals surface area contributed by atoms with E-state index < -0.39 is 6.29 Å². The molecule has 0 bridgehead atoms. The zero-order chi connectivity index (χ0) is 21.1. The summed E-state index contributed by atoms with van der Waals surface area (Å²) >= 11 is 0. The lowest BCUT2D eigenvalue weighted by atomic mass is 9.88. The first-order valence-electron chi connectivity index (χ1n) is 10.6. The van der Waals surface area contributed by atoms with Crippen molar-refractivity contribution in [1.29, 1.82) is 5.26 Å². The lowest BCUT2D eigenvalue weighted by Crippen LogP contribution is -2.32. The van der Waals surface area contributed by atoms with Crippen molar-refractivity contribution in [3.63, 3.8) is 0 Å². The third-order valence-electron chi connectivity index (χ3n) is 5.09. The first-order chi connectivity index (χ1) is 14.1. The van der Waals surface area contributed by atoms with Gasteiger partial charge < -0.3 is 20.1 Å². The van der Waals surface area contributed by atoms with E-state index in [9.17, 15) is 10.1 Å². The maximum atomic E-state index is 12.6. The minimum atomic E-state index is -0.414. The van der Waals surface area contributed by atoms with Gasteiger partial charge in [-0.3, -0.25) is 4.79 Å². The fraction of sp³-hybridized carbons (Fsp3) is 0.565. The smallest absolute Gasteiger partial charge is 0.263 e. The molecule has 1 atom stereocenters. The van der Waals surface area contributed by atoms with Crippen molar-refractivity contribution >= 4 is 5.91 Å². The minimum absolute atomic E-state index is 0.0353. The summed E-state index contributed by atoms with van der Waals surface area (Å²) in [7, 11) is 0. The Morgan fingerprint density at radius 1 is 1.17 bits per heavy atom. The second-order valence-electron chi connectivity index (χ2n) is 7.09. The summed E-state index contributed by atoms with van der Waals surface area (Å²) in [5.74, 6) is -0.381. The van der Waals surface area contributed by atoms with Gasteiger partial charge in [0.1, 0.15) is 11.6 Å². The molecule has 0 aliphatic heterocycles. The highest BCUT2D eigenvalue weighted by Gasteiger charge is 2.18. The summed E-state index contributed by atoms with van der Waals surface area (Å²) in [5, 5.41) is 15.4. The van der Waals surface area contributed by atoms with E-state index in [-0.39, 0.29) is 17.5 Å². The number of aryl methyl sites for hydroxylation is 2. The molecule has 0 heterocycles. The number of hydrogen-bond donors (Lipinski definition) is 2. The van der Waals surface area contributed by atoms with Gasteiger partial charge in [0.15, 0.2) is 6.29 Å². The van der Waals surface area contributed by atoms with Gasteiger partial charge in [-0.2, -0.15) is 5.26 Å². The molecule has 0 spiro atoms. The summed E-state index contributed by atoms with van der Waals surface area (Å²) < 4.78 is 10.9. The first-order valence-corrected chi connectivity index (χ1v) is 10.6. The molecule has 1 amide bonds. The molecule has 1 aliphatic rings. The molecule has 0 radical (unpaired) electrons. The second-order valence-corrected chi connectivity index (χ2v) is 7.09. The van der Waals surface area contributed by atoms with Crippen molar-refractivity contribution in [3.8, 4) is 6.07 Å². The van der Waals surface area contributed by atoms with Crippen LogP contribution in [0.4, 0.5) is 0 Å². The number of nitrogens with zero attached hydrogens (tertiary/aromatic N) is 1. The van der Waals surface area contributed by atoms with Crippen LogP contribution in [0.3, 0.4) is 0 Å². The van der Waals surface area contributed by atoms with Crippen molar-refractivity contribution < 1.29 is 14.3 Å². The fourth-order valence-electron chi connectivity index (χ4n) is 3.57. The Labute approximate surface area is 174 Å². The van der Waals surface area contributed by atoms with Crippen LogP contribution in [0.2, 0.25) is 0 Å². The van der Waals surface area contributed by atoms with Crippen LogP contribution in [0, 0.1) is 11.3 Å². The quantitative estimate of drug-likeness (QED) is 0.338. The van der Waals surface area contributed by atoms with Gasteiger partial charge in [0.2, 0.25) is 0 Å². The lowest BCUT2D eigenvalue weighted by Gasteiger charge is -2.21. The zero-order valence-electron chi connectivity index (χ0n) is 17.8. The van der Waals surface area contributed by atoms with Crippen molar-refractivity contribution in [2.75, 3.05) is 19.8 Å². The summed E-state index contributed by atoms with van der Waals surface area (Å²) in [4.78, 5) is 12.6. The summed E-state index contributed by atoms with van der Waals surface area (Å²) in [6.07, 6.45) is 6.47. The molecule has 1 aromatic rings. The van der Waals surface area contributed by atoms with Crippen molar-refractivity contribution in [2.45, 2.75) is 65.2 Å². The van der Waals surface area contributed by atoms with Gasteiger partial charge in [0.25, 0.3) is 5.91 Å². The van der Waals surface area contributed by atoms with E-state index in [0.29, 0.717) is 19.8 Å². The first kappa shape index (κ1) is 22.9. The number of amides is 1. The highest BCUT2D eigenvalue weighted by atomic mass is 16.7. The average Bonchev–Trinajstić information content (AvgIpc) is 2.74. The van der Waals surface area contributed by atoms with Crippen LogP contribution in [0.15, 0.2) is 30.0 Å². The van der Waals surface area contributed by atoms with Crippen LogP contribution < -0.4 is 10.6 Å². The third-order valence-corrected chi connectivity index (χ3v) is 5.09.